The summed E-state index contributed by atoms with van der Waals surface area (Å²) in [5.41, 5.74) is 2.09. The topological polar surface area (TPSA) is 59.6 Å². The second kappa shape index (κ2) is 5.95. The lowest BCUT2D eigenvalue weighted by atomic mass is 10.1. The molecule has 0 atom stereocenters. The number of rotatable bonds is 3. The van der Waals surface area contributed by atoms with Crippen LogP contribution in [0.5, 0.6) is 0 Å². The van der Waals surface area contributed by atoms with Crippen LogP contribution in [0.3, 0.4) is 0 Å². The molecule has 0 radical (unpaired) electrons. The van der Waals surface area contributed by atoms with Crippen LogP contribution in [-0.4, -0.2) is 0 Å². The third kappa shape index (κ3) is 3.12. The summed E-state index contributed by atoms with van der Waals surface area (Å²) in [6, 6.07) is 9.48. The van der Waals surface area contributed by atoms with Crippen LogP contribution in [0.4, 0.5) is 5.69 Å². The highest BCUT2D eigenvalue weighted by Crippen LogP contribution is 2.22. The molecule has 1 aromatic rings. The minimum absolute atomic E-state index is 0.0574. The van der Waals surface area contributed by atoms with Gasteiger partial charge in [0.2, 0.25) is 0 Å². The lowest BCUT2D eigenvalue weighted by molar-refractivity contribution is 1.14. The van der Waals surface area contributed by atoms with E-state index in [-0.39, 0.29) is 5.57 Å². The highest BCUT2D eigenvalue weighted by atomic mass is 79.9. The Balaban J connectivity index is 2.98. The van der Waals surface area contributed by atoms with Crippen LogP contribution in [0.1, 0.15) is 12.5 Å². The Morgan fingerprint density at radius 3 is 2.69 bits per heavy atom. The van der Waals surface area contributed by atoms with E-state index in [4.69, 9.17) is 10.5 Å². The monoisotopic (exact) mass is 275 g/mol. The van der Waals surface area contributed by atoms with Gasteiger partial charge in [-0.05, 0) is 24.1 Å². The van der Waals surface area contributed by atoms with Crippen molar-refractivity contribution in [1.29, 1.82) is 10.5 Å². The molecule has 0 bridgehead atoms. The van der Waals surface area contributed by atoms with Gasteiger partial charge in [0.1, 0.15) is 17.7 Å². The summed E-state index contributed by atoms with van der Waals surface area (Å²) < 4.78 is 0.955. The van der Waals surface area contributed by atoms with Crippen molar-refractivity contribution in [1.82, 2.24) is 0 Å². The van der Waals surface area contributed by atoms with E-state index in [1.807, 2.05) is 25.1 Å². The quantitative estimate of drug-likeness (QED) is 0.861. The van der Waals surface area contributed by atoms with Crippen LogP contribution in [0.15, 0.2) is 34.4 Å². The van der Waals surface area contributed by atoms with E-state index < -0.39 is 0 Å². The van der Waals surface area contributed by atoms with Crippen molar-refractivity contribution in [2.75, 3.05) is 5.32 Å². The maximum atomic E-state index is 8.60. The smallest absolute Gasteiger partial charge is 0.145 e. The molecule has 0 aliphatic rings. The molecule has 1 aromatic carbocycles. The van der Waals surface area contributed by atoms with E-state index in [1.165, 1.54) is 6.20 Å². The molecule has 16 heavy (non-hydrogen) atoms. The predicted molar refractivity (Wildman–Crippen MR) is 66.5 cm³/mol. The fourth-order valence-corrected chi connectivity index (χ4v) is 1.59. The number of nitriles is 2. The lowest BCUT2D eigenvalue weighted by Crippen LogP contribution is -1.95. The molecule has 4 heteroatoms. The van der Waals surface area contributed by atoms with Crippen LogP contribution in [-0.2, 0) is 6.42 Å². The largest absolute Gasteiger partial charge is 0.360 e. The number of anilines is 1. The molecule has 0 unspecified atom stereocenters. The summed E-state index contributed by atoms with van der Waals surface area (Å²) in [5.74, 6) is 0. The number of benzene rings is 1. The van der Waals surface area contributed by atoms with Crippen molar-refractivity contribution in [3.05, 3.63) is 40.0 Å². The Morgan fingerprint density at radius 1 is 1.44 bits per heavy atom. The van der Waals surface area contributed by atoms with E-state index in [0.29, 0.717) is 0 Å². The van der Waals surface area contributed by atoms with Gasteiger partial charge in [-0.15, -0.1) is 0 Å². The van der Waals surface area contributed by atoms with Crippen LogP contribution in [0.2, 0.25) is 0 Å². The Morgan fingerprint density at radius 2 is 2.12 bits per heavy atom. The summed E-state index contributed by atoms with van der Waals surface area (Å²) in [4.78, 5) is 0. The van der Waals surface area contributed by atoms with Gasteiger partial charge in [-0.25, -0.2) is 0 Å². The first-order valence-electron chi connectivity index (χ1n) is 4.76. The van der Waals surface area contributed by atoms with Gasteiger partial charge in [-0.2, -0.15) is 10.5 Å². The van der Waals surface area contributed by atoms with Gasteiger partial charge in [0.05, 0.1) is 0 Å². The summed E-state index contributed by atoms with van der Waals surface area (Å²) >= 11 is 3.38. The van der Waals surface area contributed by atoms with Gasteiger partial charge < -0.3 is 5.32 Å². The van der Waals surface area contributed by atoms with Crippen molar-refractivity contribution in [3.8, 4) is 12.1 Å². The van der Waals surface area contributed by atoms with Gasteiger partial charge in [-0.3, -0.25) is 0 Å². The number of halogens is 1. The maximum Gasteiger partial charge on any atom is 0.145 e. The molecule has 0 aromatic heterocycles. The zero-order valence-corrected chi connectivity index (χ0v) is 10.4. The van der Waals surface area contributed by atoms with Gasteiger partial charge in [-0.1, -0.05) is 28.9 Å². The van der Waals surface area contributed by atoms with Crippen LogP contribution in [0, 0.1) is 22.7 Å². The number of nitrogens with zero attached hydrogens (tertiary/aromatic N) is 2. The molecule has 1 N–H and O–H groups in total. The van der Waals surface area contributed by atoms with Crippen molar-refractivity contribution in [3.63, 3.8) is 0 Å². The molecule has 0 amide bonds. The minimum atomic E-state index is 0.0574. The molecule has 0 saturated heterocycles. The van der Waals surface area contributed by atoms with E-state index in [0.717, 1.165) is 22.1 Å². The van der Waals surface area contributed by atoms with E-state index in [2.05, 4.69) is 21.2 Å². The first-order chi connectivity index (χ1) is 7.71. The van der Waals surface area contributed by atoms with Gasteiger partial charge in [0, 0.05) is 16.4 Å². The molecule has 3 nitrogen and oxygen atoms in total. The zero-order chi connectivity index (χ0) is 12.0. The predicted octanol–water partition coefficient (Wildman–Crippen LogP) is 3.35. The SMILES string of the molecule is CCc1ccc(Br)cc1NC=C(C#N)C#N. The molecule has 1 rings (SSSR count). The summed E-state index contributed by atoms with van der Waals surface area (Å²) in [5, 5.41) is 20.2. The zero-order valence-electron chi connectivity index (χ0n) is 8.79. The van der Waals surface area contributed by atoms with Crippen molar-refractivity contribution in [2.24, 2.45) is 0 Å². The molecule has 0 fully saturated rings. The average molecular weight is 276 g/mol. The molecule has 0 aliphatic heterocycles. The van der Waals surface area contributed by atoms with E-state index >= 15 is 0 Å². The number of allylic oxidation sites excluding steroid dienone is 1. The van der Waals surface area contributed by atoms with Crippen molar-refractivity contribution in [2.45, 2.75) is 13.3 Å². The summed E-state index contributed by atoms with van der Waals surface area (Å²) in [6.45, 7) is 2.05. The Hall–Kier alpha value is -1.78. The van der Waals surface area contributed by atoms with Crippen LogP contribution >= 0.6 is 15.9 Å². The minimum Gasteiger partial charge on any atom is -0.360 e. The van der Waals surface area contributed by atoms with E-state index in [9.17, 15) is 0 Å². The van der Waals surface area contributed by atoms with Crippen LogP contribution in [0.25, 0.3) is 0 Å². The fraction of sp³-hybridized carbons (Fsp3) is 0.167. The second-order valence-electron chi connectivity index (χ2n) is 3.08. The highest BCUT2D eigenvalue weighted by molar-refractivity contribution is 9.10. The first-order valence-corrected chi connectivity index (χ1v) is 5.56. The standard InChI is InChI=1S/C12H10BrN3/c1-2-10-3-4-11(13)5-12(10)16-8-9(6-14)7-15/h3-5,8,16H,2H2,1H3. The first kappa shape index (κ1) is 12.3. The highest BCUT2D eigenvalue weighted by Gasteiger charge is 2.00. The van der Waals surface area contributed by atoms with Crippen molar-refractivity contribution < 1.29 is 0 Å². The molecule has 0 saturated carbocycles. The molecule has 80 valence electrons. The molecular weight excluding hydrogens is 266 g/mol. The Labute approximate surface area is 103 Å². The Kier molecular flexibility index (Phi) is 4.57. The van der Waals surface area contributed by atoms with Gasteiger partial charge in [0.25, 0.3) is 0 Å². The molecule has 0 aliphatic carbocycles. The molecule has 0 spiro atoms. The summed E-state index contributed by atoms with van der Waals surface area (Å²) in [6.07, 6.45) is 2.30. The third-order valence-corrected chi connectivity index (χ3v) is 2.56. The van der Waals surface area contributed by atoms with Crippen LogP contribution < -0.4 is 5.32 Å². The molecule has 0 heterocycles. The number of nitrogens with one attached hydrogen (secondary N) is 1. The molecular formula is C12H10BrN3. The Bertz CT molecular complexity index is 476. The normalized spacial score (nSPS) is 8.75. The van der Waals surface area contributed by atoms with Gasteiger partial charge >= 0.3 is 0 Å². The number of hydrogen-bond donors (Lipinski definition) is 1. The van der Waals surface area contributed by atoms with Gasteiger partial charge in [0.15, 0.2) is 0 Å². The average Bonchev–Trinajstić information content (AvgIpc) is 2.30. The second-order valence-corrected chi connectivity index (χ2v) is 4.00. The number of aryl methyl sites for hydroxylation is 1. The number of hydrogen-bond acceptors (Lipinski definition) is 3. The maximum absolute atomic E-state index is 8.60. The fourth-order valence-electron chi connectivity index (χ4n) is 1.23. The third-order valence-electron chi connectivity index (χ3n) is 2.07. The van der Waals surface area contributed by atoms with E-state index in [1.54, 1.807) is 12.1 Å². The van der Waals surface area contributed by atoms with Crippen molar-refractivity contribution >= 4 is 21.6 Å². The summed E-state index contributed by atoms with van der Waals surface area (Å²) in [7, 11) is 0. The lowest BCUT2D eigenvalue weighted by Gasteiger charge is -2.07.